The van der Waals surface area contributed by atoms with E-state index in [-0.39, 0.29) is 0 Å². The topological polar surface area (TPSA) is 83.8 Å². The van der Waals surface area contributed by atoms with Crippen molar-refractivity contribution in [1.29, 1.82) is 0 Å². The maximum Gasteiger partial charge on any atom is 0.429 e. The molecule has 0 saturated carbocycles. The van der Waals surface area contributed by atoms with Crippen LogP contribution in [0.4, 0.5) is 0 Å². The van der Waals surface area contributed by atoms with Gasteiger partial charge in [0, 0.05) is 22.5 Å². The second-order valence-corrected chi connectivity index (χ2v) is 6.01. The van der Waals surface area contributed by atoms with Crippen molar-refractivity contribution in [3.05, 3.63) is 0 Å². The molecule has 2 unspecified atom stereocenters. The Kier molecular flexibility index (Phi) is 3.18. The summed E-state index contributed by atoms with van der Waals surface area (Å²) >= 11 is 8.98. The van der Waals surface area contributed by atoms with Crippen molar-refractivity contribution in [1.82, 2.24) is 0 Å². The quantitative estimate of drug-likeness (QED) is 0.684. The van der Waals surface area contributed by atoms with E-state index in [1.807, 2.05) is 0 Å². The first kappa shape index (κ1) is 9.92. The summed E-state index contributed by atoms with van der Waals surface area (Å²) in [6.45, 7) is -8.92. The molecule has 0 aliphatic rings. The summed E-state index contributed by atoms with van der Waals surface area (Å²) in [6, 6.07) is 0. The molecule has 0 bridgehead atoms. The average Bonchev–Trinajstić information content (AvgIpc) is 1.14. The normalized spacial score (nSPS) is 24.4. The summed E-state index contributed by atoms with van der Waals surface area (Å²) < 4.78 is 23.2. The molecule has 0 aromatic rings. The van der Waals surface area contributed by atoms with E-state index in [1.165, 1.54) is 0 Å². The largest absolute Gasteiger partial charge is 0.429 e. The Balaban J connectivity index is 4.07. The van der Waals surface area contributed by atoms with Crippen molar-refractivity contribution in [2.45, 2.75) is 0 Å². The van der Waals surface area contributed by atoms with Gasteiger partial charge in [0.15, 0.2) is 0 Å². The van der Waals surface area contributed by atoms with E-state index in [2.05, 4.69) is 26.8 Å². The van der Waals surface area contributed by atoms with Crippen LogP contribution in [0, 0.1) is 0 Å². The van der Waals surface area contributed by atoms with Gasteiger partial charge >= 0.3 is 13.9 Å². The third-order valence-electron chi connectivity index (χ3n) is 0.201. The lowest BCUT2D eigenvalue weighted by Crippen LogP contribution is -1.74. The van der Waals surface area contributed by atoms with Crippen LogP contribution in [0.1, 0.15) is 0 Å². The van der Waals surface area contributed by atoms with Crippen LogP contribution in [0.2, 0.25) is 0 Å². The van der Waals surface area contributed by atoms with Crippen LogP contribution in [0.25, 0.3) is 0 Å². The summed E-state index contributed by atoms with van der Waals surface area (Å²) in [4.78, 5) is 16.1. The van der Waals surface area contributed by atoms with E-state index in [0.29, 0.717) is 0 Å². The molecule has 0 aromatic carbocycles. The van der Waals surface area contributed by atoms with Gasteiger partial charge in [-0.15, -0.1) is 0 Å². The molecule has 0 aromatic heterocycles. The summed E-state index contributed by atoms with van der Waals surface area (Å²) in [6.07, 6.45) is 0. The molecule has 56 valence electrons. The van der Waals surface area contributed by atoms with Gasteiger partial charge in [-0.2, -0.15) is 0 Å². The zero-order valence-electron chi connectivity index (χ0n) is 3.77. The van der Waals surface area contributed by atoms with E-state index in [4.69, 9.17) is 9.79 Å². The molecule has 0 spiro atoms. The highest BCUT2D eigenvalue weighted by molar-refractivity contribution is 7.91. The molecule has 9 heavy (non-hydrogen) atoms. The second-order valence-electron chi connectivity index (χ2n) is 0.985. The highest BCUT2D eigenvalue weighted by Crippen LogP contribution is 2.64. The van der Waals surface area contributed by atoms with E-state index in [0.717, 1.165) is 0 Å². The van der Waals surface area contributed by atoms with Gasteiger partial charge in [-0.05, 0) is 0 Å². The molecule has 0 amide bonds. The van der Waals surface area contributed by atoms with Crippen molar-refractivity contribution in [3.63, 3.8) is 0 Å². The predicted molar refractivity (Wildman–Crippen MR) is 32.4 cm³/mol. The maximum absolute atomic E-state index is 9.91. The maximum atomic E-state index is 9.91. The monoisotopic (exact) mass is 214 g/mol. The van der Waals surface area contributed by atoms with Crippen LogP contribution in [0.3, 0.4) is 0 Å². The van der Waals surface area contributed by atoms with Crippen molar-refractivity contribution in [2.24, 2.45) is 0 Å². The standard InChI is InChI=1S/Cl2H2O5P2/c1-8(3,4)7-9(2,5)6/h(H,3,4)(H,5,6). The SMILES string of the molecule is O=P(O)(Cl)OP(=O)(O)Cl. The summed E-state index contributed by atoms with van der Waals surface area (Å²) in [5.41, 5.74) is 0. The van der Waals surface area contributed by atoms with Gasteiger partial charge in [0.05, 0.1) is 0 Å². The highest BCUT2D eigenvalue weighted by Gasteiger charge is 2.27. The average molecular weight is 215 g/mol. The Morgan fingerprint density at radius 3 is 1.33 bits per heavy atom. The summed E-state index contributed by atoms with van der Waals surface area (Å²) in [7, 11) is 0. The molecule has 0 aliphatic heterocycles. The third-order valence-corrected chi connectivity index (χ3v) is 2.92. The number of hydrogen-bond donors (Lipinski definition) is 2. The molecular weight excluding hydrogens is 213 g/mol. The molecule has 0 fully saturated rings. The molecule has 2 N–H and O–H groups in total. The molecule has 0 saturated heterocycles. The van der Waals surface area contributed by atoms with Crippen LogP contribution in [-0.2, 0) is 13.4 Å². The van der Waals surface area contributed by atoms with Crippen molar-refractivity contribution in [3.8, 4) is 0 Å². The molecule has 2 atom stereocenters. The van der Waals surface area contributed by atoms with E-state index in [1.54, 1.807) is 0 Å². The third kappa shape index (κ3) is 8.92. The first-order valence-corrected chi connectivity index (χ1v) is 6.43. The van der Waals surface area contributed by atoms with Gasteiger partial charge in [-0.25, -0.2) is 13.4 Å². The number of hydrogen-bond acceptors (Lipinski definition) is 3. The Morgan fingerprint density at radius 1 is 1.11 bits per heavy atom. The smallest absolute Gasteiger partial charge is 0.312 e. The van der Waals surface area contributed by atoms with Gasteiger partial charge in [-0.1, -0.05) is 0 Å². The second kappa shape index (κ2) is 2.89. The first-order chi connectivity index (χ1) is 3.71. The van der Waals surface area contributed by atoms with Crippen LogP contribution >= 0.6 is 36.4 Å². The fraction of sp³-hybridized carbons (Fsp3) is 0. The van der Waals surface area contributed by atoms with Crippen molar-refractivity contribution >= 4 is 36.4 Å². The molecule has 0 radical (unpaired) electrons. The lowest BCUT2D eigenvalue weighted by molar-refractivity contribution is 0.359. The summed E-state index contributed by atoms with van der Waals surface area (Å²) in [5, 5.41) is 0. The Bertz CT molecular complexity index is 153. The Morgan fingerprint density at radius 2 is 1.33 bits per heavy atom. The van der Waals surface area contributed by atoms with Crippen LogP contribution in [0.5, 0.6) is 0 Å². The van der Waals surface area contributed by atoms with E-state index < -0.39 is 13.9 Å². The zero-order chi connectivity index (χ0) is 7.71. The van der Waals surface area contributed by atoms with Gasteiger partial charge in [0.25, 0.3) is 0 Å². The predicted octanol–water partition coefficient (Wildman–Crippen LogP) is 1.68. The fourth-order valence-corrected chi connectivity index (χ4v) is 2.91. The fourth-order valence-electron chi connectivity index (χ4n) is 0.124. The molecule has 0 rings (SSSR count). The molecule has 0 aliphatic carbocycles. The van der Waals surface area contributed by atoms with Gasteiger partial charge in [0.1, 0.15) is 0 Å². The van der Waals surface area contributed by atoms with Crippen LogP contribution in [0.15, 0.2) is 0 Å². The van der Waals surface area contributed by atoms with E-state index in [9.17, 15) is 9.13 Å². The minimum atomic E-state index is -4.46. The first-order valence-electron chi connectivity index (χ1n) is 1.47. The highest BCUT2D eigenvalue weighted by atomic mass is 35.7. The van der Waals surface area contributed by atoms with Gasteiger partial charge < -0.3 is 9.79 Å². The van der Waals surface area contributed by atoms with E-state index >= 15 is 0 Å². The van der Waals surface area contributed by atoms with Crippen molar-refractivity contribution in [2.75, 3.05) is 0 Å². The lowest BCUT2D eigenvalue weighted by Gasteiger charge is -2.02. The Labute approximate surface area is 60.2 Å². The van der Waals surface area contributed by atoms with Crippen LogP contribution in [-0.4, -0.2) is 9.79 Å². The number of rotatable bonds is 2. The molecular formula is H2Cl2O5P2. The van der Waals surface area contributed by atoms with Gasteiger partial charge in [0.2, 0.25) is 0 Å². The molecule has 0 heterocycles. The van der Waals surface area contributed by atoms with Crippen molar-refractivity contribution < 1.29 is 23.2 Å². The van der Waals surface area contributed by atoms with Gasteiger partial charge in [-0.3, -0.25) is 0 Å². The molecule has 9 heteroatoms. The van der Waals surface area contributed by atoms with Crippen LogP contribution < -0.4 is 0 Å². The minimum absolute atomic E-state index is 3.38. The minimum Gasteiger partial charge on any atom is -0.312 e. The molecule has 5 nitrogen and oxygen atoms in total. The zero-order valence-corrected chi connectivity index (χ0v) is 7.07. The lowest BCUT2D eigenvalue weighted by atomic mass is 15.8. The Hall–Kier alpha value is 0.920. The number of halogens is 2. The summed E-state index contributed by atoms with van der Waals surface area (Å²) in [5.74, 6) is 0.